The van der Waals surface area contributed by atoms with Crippen molar-refractivity contribution >= 4 is 40.6 Å². The smallest absolute Gasteiger partial charge is 0.398 e. The molecule has 0 saturated heterocycles. The summed E-state index contributed by atoms with van der Waals surface area (Å²) in [5, 5.41) is 5.36. The van der Waals surface area contributed by atoms with Gasteiger partial charge in [0.15, 0.2) is 0 Å². The average Bonchev–Trinajstić information content (AvgIpc) is 3.25. The second-order valence-electron chi connectivity index (χ2n) is 8.38. The van der Waals surface area contributed by atoms with E-state index in [0.29, 0.717) is 35.4 Å². The molecule has 2 aliphatic rings. The zero-order valence-corrected chi connectivity index (χ0v) is 18.9. The molecule has 3 aromatic rings. The lowest BCUT2D eigenvalue weighted by Crippen LogP contribution is -2.46. The van der Waals surface area contributed by atoms with E-state index in [1.54, 1.807) is 0 Å². The lowest BCUT2D eigenvalue weighted by molar-refractivity contribution is -0.137. The van der Waals surface area contributed by atoms with Crippen molar-refractivity contribution < 1.29 is 31.5 Å². The number of carbonyl (C=O) groups is 2. The Hall–Kier alpha value is -3.86. The number of benzene rings is 3. The maximum Gasteiger partial charge on any atom is 0.416 e. The molecule has 0 spiro atoms. The number of nitrogens with two attached hydrogens (primary N) is 1. The van der Waals surface area contributed by atoms with Crippen LogP contribution in [-0.4, -0.2) is 18.5 Å². The summed E-state index contributed by atoms with van der Waals surface area (Å²) in [7, 11) is 0. The van der Waals surface area contributed by atoms with Crippen LogP contribution in [0.3, 0.4) is 0 Å². The molecule has 36 heavy (non-hydrogen) atoms. The molecule has 2 aliphatic heterocycles. The highest BCUT2D eigenvalue weighted by atomic mass is 35.5. The van der Waals surface area contributed by atoms with Gasteiger partial charge in [-0.05, 0) is 48.9 Å². The maximum absolute atomic E-state index is 14.1. The van der Waals surface area contributed by atoms with Crippen LogP contribution in [0.2, 0.25) is 5.02 Å². The minimum absolute atomic E-state index is 0.0475. The van der Waals surface area contributed by atoms with E-state index in [1.807, 2.05) is 0 Å². The third-order valence-corrected chi connectivity index (χ3v) is 6.49. The van der Waals surface area contributed by atoms with E-state index in [0.717, 1.165) is 12.1 Å². The lowest BCUT2D eigenvalue weighted by Gasteiger charge is -2.35. The second kappa shape index (κ2) is 8.37. The highest BCUT2D eigenvalue weighted by Crippen LogP contribution is 2.48. The molecular weight excluding hydrogens is 507 g/mol. The van der Waals surface area contributed by atoms with Crippen molar-refractivity contribution in [1.82, 2.24) is 5.32 Å². The van der Waals surface area contributed by atoms with Gasteiger partial charge in [0.25, 0.3) is 5.91 Å². The summed E-state index contributed by atoms with van der Waals surface area (Å²) >= 11 is 6.31. The number of nitrogen functional groups attached to an aromatic ring is 1. The third-order valence-electron chi connectivity index (χ3n) is 6.14. The topological polar surface area (TPSA) is 87.5 Å². The predicted molar refractivity (Wildman–Crippen MR) is 123 cm³/mol. The van der Waals surface area contributed by atoms with Gasteiger partial charge in [-0.2, -0.15) is 13.2 Å². The summed E-state index contributed by atoms with van der Waals surface area (Å²) in [4.78, 5) is 27.2. The minimum Gasteiger partial charge on any atom is -0.398 e. The summed E-state index contributed by atoms with van der Waals surface area (Å²) in [5.41, 5.74) is 6.10. The molecule has 0 aliphatic carbocycles. The van der Waals surface area contributed by atoms with Gasteiger partial charge in [-0.3, -0.25) is 9.69 Å². The zero-order chi connectivity index (χ0) is 25.9. The van der Waals surface area contributed by atoms with E-state index >= 15 is 0 Å². The number of urea groups is 1. The Balaban J connectivity index is 1.65. The van der Waals surface area contributed by atoms with Gasteiger partial charge in [-0.25, -0.2) is 13.6 Å². The number of amides is 3. The fourth-order valence-electron chi connectivity index (χ4n) is 4.57. The monoisotopic (exact) mass is 522 g/mol. The molecule has 4 N–H and O–H groups in total. The van der Waals surface area contributed by atoms with Crippen LogP contribution in [0.4, 0.5) is 43.8 Å². The van der Waals surface area contributed by atoms with Gasteiger partial charge in [-0.15, -0.1) is 0 Å². The van der Waals surface area contributed by atoms with Gasteiger partial charge in [0, 0.05) is 39.5 Å². The first-order valence-electron chi connectivity index (χ1n) is 10.6. The average molecular weight is 523 g/mol. The van der Waals surface area contributed by atoms with E-state index in [4.69, 9.17) is 17.3 Å². The van der Waals surface area contributed by atoms with Crippen LogP contribution in [0.5, 0.6) is 0 Å². The molecule has 0 aromatic heterocycles. The molecule has 2 heterocycles. The number of halogens is 6. The highest BCUT2D eigenvalue weighted by Gasteiger charge is 2.40. The van der Waals surface area contributed by atoms with Gasteiger partial charge in [0.1, 0.15) is 11.6 Å². The number of rotatable bonds is 3. The first-order chi connectivity index (χ1) is 16.9. The normalized spacial score (nSPS) is 16.6. The Labute approximate surface area is 205 Å². The van der Waals surface area contributed by atoms with E-state index in [2.05, 4.69) is 10.6 Å². The fraction of sp³-hybridized carbons (Fsp3) is 0.167. The van der Waals surface area contributed by atoms with Crippen LogP contribution in [0.1, 0.15) is 38.7 Å². The predicted octanol–water partition coefficient (Wildman–Crippen LogP) is 5.65. The summed E-state index contributed by atoms with van der Waals surface area (Å²) in [5.74, 6) is -2.91. The van der Waals surface area contributed by atoms with Gasteiger partial charge in [0.05, 0.1) is 23.0 Å². The summed E-state index contributed by atoms with van der Waals surface area (Å²) in [6.07, 6.45) is -4.45. The largest absolute Gasteiger partial charge is 0.416 e. The van der Waals surface area contributed by atoms with Crippen molar-refractivity contribution in [1.29, 1.82) is 0 Å². The number of hydrogen-bond acceptors (Lipinski definition) is 3. The minimum atomic E-state index is -4.87. The van der Waals surface area contributed by atoms with Crippen LogP contribution >= 0.6 is 11.6 Å². The molecule has 186 valence electrons. The van der Waals surface area contributed by atoms with Crippen LogP contribution in [-0.2, 0) is 12.6 Å². The summed E-state index contributed by atoms with van der Waals surface area (Å²) in [6.45, 7) is 0.290. The molecule has 3 amide bonds. The highest BCUT2D eigenvalue weighted by molar-refractivity contribution is 6.31. The van der Waals surface area contributed by atoms with Crippen LogP contribution in [0.15, 0.2) is 42.5 Å². The first kappa shape index (κ1) is 23.9. The molecule has 1 atom stereocenters. The maximum atomic E-state index is 14.1. The number of anilines is 3. The van der Waals surface area contributed by atoms with Gasteiger partial charge in [-0.1, -0.05) is 11.6 Å². The lowest BCUT2D eigenvalue weighted by atomic mass is 9.91. The fourth-order valence-corrected chi connectivity index (χ4v) is 4.80. The SMILES string of the molecule is Nc1cc(NC(=O)c2cc(F)cc(C(F)(F)F)c2)c2c3c1CCN3C(=O)NC2c1cc(F)ccc1Cl. The molecular formula is C24H16ClF5N4O2. The number of alkyl halides is 3. The summed E-state index contributed by atoms with van der Waals surface area (Å²) < 4.78 is 67.5. The number of carbonyl (C=O) groups excluding carboxylic acids is 2. The van der Waals surface area contributed by atoms with Crippen molar-refractivity contribution in [2.75, 3.05) is 22.5 Å². The number of hydrogen-bond donors (Lipinski definition) is 3. The first-order valence-corrected chi connectivity index (χ1v) is 11.0. The second-order valence-corrected chi connectivity index (χ2v) is 8.79. The Kier molecular flexibility index (Phi) is 5.55. The van der Waals surface area contributed by atoms with E-state index in [1.165, 1.54) is 17.0 Å². The molecule has 5 rings (SSSR count). The van der Waals surface area contributed by atoms with Crippen molar-refractivity contribution in [3.8, 4) is 0 Å². The van der Waals surface area contributed by atoms with Crippen molar-refractivity contribution in [3.63, 3.8) is 0 Å². The standard InChI is InChI=1S/C24H16ClF5N4O2/c25-16-2-1-12(26)8-15(16)20-19-18(9-17(31)14-3-4-34(21(14)19)23(36)33-20)32-22(35)10-5-11(24(28,29)30)7-13(27)6-10/h1-2,5-9,20H,3-4,31H2,(H,32,35)(H,33,36). The number of nitrogens with one attached hydrogen (secondary N) is 2. The molecule has 0 radical (unpaired) electrons. The Morgan fingerprint density at radius 3 is 2.58 bits per heavy atom. The molecule has 6 nitrogen and oxygen atoms in total. The van der Waals surface area contributed by atoms with E-state index in [9.17, 15) is 31.5 Å². The van der Waals surface area contributed by atoms with Crippen LogP contribution in [0.25, 0.3) is 0 Å². The molecule has 0 fully saturated rings. The molecule has 3 aromatic carbocycles. The Morgan fingerprint density at radius 2 is 1.86 bits per heavy atom. The molecule has 12 heteroatoms. The van der Waals surface area contributed by atoms with Crippen LogP contribution < -0.4 is 21.3 Å². The van der Waals surface area contributed by atoms with Crippen molar-refractivity contribution in [2.45, 2.75) is 18.6 Å². The van der Waals surface area contributed by atoms with Gasteiger partial charge >= 0.3 is 12.2 Å². The third kappa shape index (κ3) is 3.98. The van der Waals surface area contributed by atoms with E-state index < -0.39 is 46.9 Å². The quantitative estimate of drug-likeness (QED) is 0.307. The molecule has 1 unspecified atom stereocenters. The Morgan fingerprint density at radius 1 is 1.11 bits per heavy atom. The van der Waals surface area contributed by atoms with E-state index in [-0.39, 0.29) is 34.6 Å². The van der Waals surface area contributed by atoms with Crippen molar-refractivity contribution in [2.24, 2.45) is 0 Å². The van der Waals surface area contributed by atoms with Gasteiger partial charge < -0.3 is 16.4 Å². The van der Waals surface area contributed by atoms with Gasteiger partial charge in [0.2, 0.25) is 0 Å². The number of nitrogens with zero attached hydrogens (tertiary/aromatic N) is 1. The Bertz CT molecular complexity index is 1440. The molecule has 0 saturated carbocycles. The zero-order valence-electron chi connectivity index (χ0n) is 18.1. The summed E-state index contributed by atoms with van der Waals surface area (Å²) in [6, 6.07) is 4.95. The molecule has 0 bridgehead atoms. The van der Waals surface area contributed by atoms with Crippen LogP contribution in [0, 0.1) is 11.6 Å². The van der Waals surface area contributed by atoms with Crippen molar-refractivity contribution in [3.05, 3.63) is 86.9 Å².